The third-order valence-corrected chi connectivity index (χ3v) is 3.68. The lowest BCUT2D eigenvalue weighted by atomic mass is 9.99. The highest BCUT2D eigenvalue weighted by Crippen LogP contribution is 2.33. The molecular formula is C16H19N3. The first-order valence-corrected chi connectivity index (χ1v) is 6.80. The second-order valence-electron chi connectivity index (χ2n) is 5.10. The van der Waals surface area contributed by atoms with Crippen molar-refractivity contribution in [1.82, 2.24) is 4.98 Å². The smallest absolute Gasteiger partial charge is 0.0597 e. The fourth-order valence-corrected chi connectivity index (χ4v) is 2.69. The highest BCUT2D eigenvalue weighted by atomic mass is 15.1. The average molecular weight is 253 g/mol. The first-order chi connectivity index (χ1) is 9.28. The molecule has 2 N–H and O–H groups in total. The summed E-state index contributed by atoms with van der Waals surface area (Å²) in [6, 6.07) is 10.8. The Balaban J connectivity index is 1.98. The van der Waals surface area contributed by atoms with Crippen molar-refractivity contribution in [3.8, 4) is 0 Å². The zero-order valence-corrected chi connectivity index (χ0v) is 11.3. The maximum Gasteiger partial charge on any atom is 0.0597 e. The molecule has 0 aliphatic carbocycles. The van der Waals surface area contributed by atoms with Gasteiger partial charge in [-0.25, -0.2) is 0 Å². The van der Waals surface area contributed by atoms with Crippen LogP contribution in [0.2, 0.25) is 0 Å². The number of anilines is 2. The summed E-state index contributed by atoms with van der Waals surface area (Å²) in [6.07, 6.45) is 4.29. The van der Waals surface area contributed by atoms with Gasteiger partial charge in [-0.05, 0) is 43.5 Å². The quantitative estimate of drug-likeness (QED) is 0.894. The van der Waals surface area contributed by atoms with E-state index in [2.05, 4.69) is 41.1 Å². The summed E-state index contributed by atoms with van der Waals surface area (Å²) >= 11 is 0. The van der Waals surface area contributed by atoms with Crippen molar-refractivity contribution in [2.24, 2.45) is 5.73 Å². The molecule has 0 atom stereocenters. The largest absolute Gasteiger partial charge is 0.340 e. The van der Waals surface area contributed by atoms with Gasteiger partial charge in [0.05, 0.1) is 17.6 Å². The number of benzene rings is 1. The number of hydrogen-bond acceptors (Lipinski definition) is 3. The summed E-state index contributed by atoms with van der Waals surface area (Å²) < 4.78 is 0. The highest BCUT2D eigenvalue weighted by molar-refractivity contribution is 5.67. The Labute approximate surface area is 114 Å². The van der Waals surface area contributed by atoms with Crippen LogP contribution in [0.15, 0.2) is 36.5 Å². The average Bonchev–Trinajstić information content (AvgIpc) is 2.46. The molecule has 0 amide bonds. The van der Waals surface area contributed by atoms with E-state index in [0.717, 1.165) is 17.9 Å². The molecule has 3 nitrogen and oxygen atoms in total. The summed E-state index contributed by atoms with van der Waals surface area (Å²) in [5.41, 5.74) is 11.8. The molecule has 0 saturated carbocycles. The van der Waals surface area contributed by atoms with Crippen molar-refractivity contribution in [1.29, 1.82) is 0 Å². The van der Waals surface area contributed by atoms with Crippen LogP contribution in [0.3, 0.4) is 0 Å². The third kappa shape index (κ3) is 2.34. The zero-order chi connectivity index (χ0) is 13.2. The second kappa shape index (κ2) is 5.02. The molecule has 3 rings (SSSR count). The normalized spacial score (nSPS) is 14.3. The molecule has 0 radical (unpaired) electrons. The highest BCUT2D eigenvalue weighted by Gasteiger charge is 2.18. The molecule has 3 heteroatoms. The van der Waals surface area contributed by atoms with E-state index in [1.807, 2.05) is 12.3 Å². The first-order valence-electron chi connectivity index (χ1n) is 6.80. The minimum absolute atomic E-state index is 0.496. The fourth-order valence-electron chi connectivity index (χ4n) is 2.69. The monoisotopic (exact) mass is 253 g/mol. The molecule has 1 aromatic carbocycles. The van der Waals surface area contributed by atoms with Crippen molar-refractivity contribution in [2.45, 2.75) is 26.3 Å². The fraction of sp³-hybridized carbons (Fsp3) is 0.312. The number of pyridine rings is 1. The summed E-state index contributed by atoms with van der Waals surface area (Å²) in [5.74, 6) is 0. The zero-order valence-electron chi connectivity index (χ0n) is 11.3. The second-order valence-corrected chi connectivity index (χ2v) is 5.10. The number of nitrogens with zero attached hydrogens (tertiary/aromatic N) is 2. The van der Waals surface area contributed by atoms with E-state index in [-0.39, 0.29) is 0 Å². The van der Waals surface area contributed by atoms with Crippen molar-refractivity contribution in [3.63, 3.8) is 0 Å². The van der Waals surface area contributed by atoms with Crippen LogP contribution in [0.25, 0.3) is 0 Å². The van der Waals surface area contributed by atoms with Gasteiger partial charge < -0.3 is 10.6 Å². The molecule has 0 spiro atoms. The number of aromatic nitrogens is 1. The van der Waals surface area contributed by atoms with Crippen LogP contribution in [0.5, 0.6) is 0 Å². The molecule has 2 aromatic rings. The van der Waals surface area contributed by atoms with E-state index in [0.29, 0.717) is 6.54 Å². The van der Waals surface area contributed by atoms with Crippen LogP contribution in [0, 0.1) is 6.92 Å². The molecule has 98 valence electrons. The third-order valence-electron chi connectivity index (χ3n) is 3.68. The maximum atomic E-state index is 5.60. The number of nitrogens with two attached hydrogens (primary N) is 1. The van der Waals surface area contributed by atoms with Gasteiger partial charge in [0.1, 0.15) is 0 Å². The predicted molar refractivity (Wildman–Crippen MR) is 78.6 cm³/mol. The van der Waals surface area contributed by atoms with E-state index in [4.69, 9.17) is 5.73 Å². The molecular weight excluding hydrogens is 234 g/mol. The topological polar surface area (TPSA) is 42.1 Å². The Morgan fingerprint density at radius 3 is 2.89 bits per heavy atom. The molecule has 0 fully saturated rings. The van der Waals surface area contributed by atoms with Crippen LogP contribution >= 0.6 is 0 Å². The van der Waals surface area contributed by atoms with Gasteiger partial charge in [0.25, 0.3) is 0 Å². The minimum Gasteiger partial charge on any atom is -0.340 e. The minimum atomic E-state index is 0.496. The molecule has 0 bridgehead atoms. The van der Waals surface area contributed by atoms with Crippen molar-refractivity contribution in [2.75, 3.05) is 11.4 Å². The number of aryl methyl sites for hydroxylation is 2. The first kappa shape index (κ1) is 12.2. The van der Waals surface area contributed by atoms with Gasteiger partial charge in [-0.3, -0.25) is 4.98 Å². The lowest BCUT2D eigenvalue weighted by Gasteiger charge is -2.31. The molecule has 19 heavy (non-hydrogen) atoms. The van der Waals surface area contributed by atoms with Gasteiger partial charge in [-0.15, -0.1) is 0 Å². The van der Waals surface area contributed by atoms with Crippen LogP contribution in [-0.4, -0.2) is 11.5 Å². The van der Waals surface area contributed by atoms with Crippen molar-refractivity contribution >= 4 is 11.4 Å². The molecule has 1 aliphatic rings. The summed E-state index contributed by atoms with van der Waals surface area (Å²) in [6.45, 7) is 3.70. The van der Waals surface area contributed by atoms with E-state index in [9.17, 15) is 0 Å². The van der Waals surface area contributed by atoms with Gasteiger partial charge in [0, 0.05) is 18.8 Å². The molecule has 1 aliphatic heterocycles. The standard InChI is InChI=1S/C16H19N3/c1-12-4-7-16-13(9-12)3-2-8-19(16)15-6-5-14(10-17)18-11-15/h4-7,9,11H,2-3,8,10,17H2,1H3. The Morgan fingerprint density at radius 1 is 1.26 bits per heavy atom. The SMILES string of the molecule is Cc1ccc2c(c1)CCCN2c1ccc(CN)nc1. The lowest BCUT2D eigenvalue weighted by Crippen LogP contribution is -2.24. The van der Waals surface area contributed by atoms with E-state index in [1.165, 1.54) is 29.7 Å². The van der Waals surface area contributed by atoms with Crippen molar-refractivity contribution in [3.05, 3.63) is 53.3 Å². The predicted octanol–water partition coefficient (Wildman–Crippen LogP) is 2.93. The van der Waals surface area contributed by atoms with Gasteiger partial charge >= 0.3 is 0 Å². The summed E-state index contributed by atoms with van der Waals surface area (Å²) in [4.78, 5) is 6.75. The Morgan fingerprint density at radius 2 is 2.16 bits per heavy atom. The number of fused-ring (bicyclic) bond motifs is 1. The van der Waals surface area contributed by atoms with Crippen LogP contribution in [-0.2, 0) is 13.0 Å². The van der Waals surface area contributed by atoms with Crippen LogP contribution in [0.1, 0.15) is 23.2 Å². The summed E-state index contributed by atoms with van der Waals surface area (Å²) in [7, 11) is 0. The molecule has 0 unspecified atom stereocenters. The van der Waals surface area contributed by atoms with Crippen LogP contribution in [0.4, 0.5) is 11.4 Å². The van der Waals surface area contributed by atoms with Gasteiger partial charge in [-0.2, -0.15) is 0 Å². The van der Waals surface area contributed by atoms with Crippen molar-refractivity contribution < 1.29 is 0 Å². The van der Waals surface area contributed by atoms with Gasteiger partial charge in [-0.1, -0.05) is 17.7 Å². The van der Waals surface area contributed by atoms with Gasteiger partial charge in [0.15, 0.2) is 0 Å². The number of hydrogen-bond donors (Lipinski definition) is 1. The van der Waals surface area contributed by atoms with Crippen LogP contribution < -0.4 is 10.6 Å². The van der Waals surface area contributed by atoms with Gasteiger partial charge in [0.2, 0.25) is 0 Å². The maximum absolute atomic E-state index is 5.60. The molecule has 0 saturated heterocycles. The summed E-state index contributed by atoms with van der Waals surface area (Å²) in [5, 5.41) is 0. The van der Waals surface area contributed by atoms with E-state index < -0.39 is 0 Å². The van der Waals surface area contributed by atoms with E-state index in [1.54, 1.807) is 0 Å². The molecule has 2 heterocycles. The lowest BCUT2D eigenvalue weighted by molar-refractivity contribution is 0.764. The Bertz CT molecular complexity index is 575. The number of rotatable bonds is 2. The molecule has 1 aromatic heterocycles. The van der Waals surface area contributed by atoms with E-state index >= 15 is 0 Å². The Kier molecular flexibility index (Phi) is 3.22. The Hall–Kier alpha value is -1.87.